The number of hydrogen-bond acceptors (Lipinski definition) is 3. The molecule has 0 aromatic heterocycles. The van der Waals surface area contributed by atoms with Crippen molar-refractivity contribution in [3.05, 3.63) is 29.8 Å². The number of urea groups is 1. The molecule has 0 aliphatic carbocycles. The Morgan fingerprint density at radius 1 is 1.29 bits per heavy atom. The number of likely N-dealkylation sites (N-methyl/N-ethyl adjacent to an activating group) is 1. The van der Waals surface area contributed by atoms with Crippen molar-refractivity contribution in [3.63, 3.8) is 0 Å². The zero-order valence-corrected chi connectivity index (χ0v) is 13.6. The predicted octanol–water partition coefficient (Wildman–Crippen LogP) is 2.86. The Labute approximate surface area is 127 Å². The molecular weight excluding hydrogens is 266 g/mol. The number of amides is 2. The number of carbonyl (C=O) groups is 1. The molecule has 118 valence electrons. The monoisotopic (exact) mass is 293 g/mol. The second-order valence-corrected chi connectivity index (χ2v) is 5.25. The molecule has 5 nitrogen and oxygen atoms in total. The molecule has 2 amide bonds. The first-order chi connectivity index (χ1) is 9.99. The van der Waals surface area contributed by atoms with Gasteiger partial charge < -0.3 is 20.3 Å². The zero-order chi connectivity index (χ0) is 15.8. The van der Waals surface area contributed by atoms with Gasteiger partial charge in [-0.15, -0.1) is 0 Å². The molecule has 0 radical (unpaired) electrons. The Kier molecular flexibility index (Phi) is 7.19. The van der Waals surface area contributed by atoms with Gasteiger partial charge in [0.2, 0.25) is 0 Å². The van der Waals surface area contributed by atoms with Crippen molar-refractivity contribution in [1.82, 2.24) is 10.2 Å². The zero-order valence-electron chi connectivity index (χ0n) is 13.6. The molecule has 2 unspecified atom stereocenters. The standard InChI is InChI=1S/C16H27N3O2/c1-6-17-13(3)14-7-9-15(10-8-14)18-16(20)19(4)12(2)11-21-5/h7-10,12-13,17H,6,11H2,1-5H3,(H,18,20). The largest absolute Gasteiger partial charge is 0.383 e. The van der Waals surface area contributed by atoms with Gasteiger partial charge in [-0.3, -0.25) is 0 Å². The fourth-order valence-corrected chi connectivity index (χ4v) is 2.04. The van der Waals surface area contributed by atoms with Gasteiger partial charge in [-0.05, 0) is 38.1 Å². The fraction of sp³-hybridized carbons (Fsp3) is 0.562. The molecule has 2 N–H and O–H groups in total. The maximum absolute atomic E-state index is 12.1. The van der Waals surface area contributed by atoms with Crippen molar-refractivity contribution in [2.24, 2.45) is 0 Å². The highest BCUT2D eigenvalue weighted by Crippen LogP contribution is 2.16. The van der Waals surface area contributed by atoms with Gasteiger partial charge in [-0.25, -0.2) is 4.79 Å². The van der Waals surface area contributed by atoms with Crippen LogP contribution in [0.5, 0.6) is 0 Å². The van der Waals surface area contributed by atoms with Gasteiger partial charge in [0.15, 0.2) is 0 Å². The van der Waals surface area contributed by atoms with Crippen LogP contribution in [-0.4, -0.2) is 44.3 Å². The summed E-state index contributed by atoms with van der Waals surface area (Å²) in [6.07, 6.45) is 0. The highest BCUT2D eigenvalue weighted by Gasteiger charge is 2.15. The summed E-state index contributed by atoms with van der Waals surface area (Å²) in [6, 6.07) is 8.12. The van der Waals surface area contributed by atoms with Gasteiger partial charge in [-0.1, -0.05) is 19.1 Å². The summed E-state index contributed by atoms with van der Waals surface area (Å²) in [7, 11) is 3.40. The Bertz CT molecular complexity index is 434. The molecular formula is C16H27N3O2. The van der Waals surface area contributed by atoms with Gasteiger partial charge in [0, 0.05) is 25.9 Å². The van der Waals surface area contributed by atoms with Crippen molar-refractivity contribution < 1.29 is 9.53 Å². The normalized spacial score (nSPS) is 13.6. The number of ether oxygens (including phenoxy) is 1. The highest BCUT2D eigenvalue weighted by atomic mass is 16.5. The molecule has 0 saturated carbocycles. The Hall–Kier alpha value is -1.59. The third-order valence-electron chi connectivity index (χ3n) is 3.56. The van der Waals surface area contributed by atoms with Crippen LogP contribution in [0.2, 0.25) is 0 Å². The van der Waals surface area contributed by atoms with Crippen LogP contribution in [0, 0.1) is 0 Å². The lowest BCUT2D eigenvalue weighted by Gasteiger charge is -2.24. The van der Waals surface area contributed by atoms with Crippen LogP contribution in [0.25, 0.3) is 0 Å². The van der Waals surface area contributed by atoms with Crippen LogP contribution in [0.1, 0.15) is 32.4 Å². The molecule has 2 atom stereocenters. The topological polar surface area (TPSA) is 53.6 Å². The first kappa shape index (κ1) is 17.5. The fourth-order valence-electron chi connectivity index (χ4n) is 2.04. The van der Waals surface area contributed by atoms with E-state index in [1.54, 1.807) is 19.1 Å². The summed E-state index contributed by atoms with van der Waals surface area (Å²) >= 11 is 0. The minimum Gasteiger partial charge on any atom is -0.383 e. The van der Waals surface area contributed by atoms with Gasteiger partial charge in [-0.2, -0.15) is 0 Å². The van der Waals surface area contributed by atoms with Crippen molar-refractivity contribution in [2.75, 3.05) is 32.6 Å². The summed E-state index contributed by atoms with van der Waals surface area (Å²) in [5, 5.41) is 6.25. The maximum Gasteiger partial charge on any atom is 0.321 e. The second kappa shape index (κ2) is 8.64. The molecule has 5 heteroatoms. The average Bonchev–Trinajstić information content (AvgIpc) is 2.47. The molecule has 0 saturated heterocycles. The highest BCUT2D eigenvalue weighted by molar-refractivity contribution is 5.89. The first-order valence-corrected chi connectivity index (χ1v) is 7.35. The predicted molar refractivity (Wildman–Crippen MR) is 86.7 cm³/mol. The van der Waals surface area contributed by atoms with Crippen molar-refractivity contribution in [3.8, 4) is 0 Å². The number of carbonyl (C=O) groups excluding carboxylic acids is 1. The van der Waals surface area contributed by atoms with Gasteiger partial charge in [0.05, 0.1) is 12.6 Å². The third-order valence-corrected chi connectivity index (χ3v) is 3.56. The number of methoxy groups -OCH3 is 1. The number of anilines is 1. The number of rotatable bonds is 7. The number of benzene rings is 1. The maximum atomic E-state index is 12.1. The number of nitrogens with one attached hydrogen (secondary N) is 2. The first-order valence-electron chi connectivity index (χ1n) is 7.35. The summed E-state index contributed by atoms with van der Waals surface area (Å²) in [6.45, 7) is 7.61. The molecule has 0 spiro atoms. The lowest BCUT2D eigenvalue weighted by Crippen LogP contribution is -2.40. The molecule has 1 rings (SSSR count). The van der Waals surface area contributed by atoms with E-state index >= 15 is 0 Å². The van der Waals surface area contributed by atoms with Crippen LogP contribution in [-0.2, 0) is 4.74 Å². The van der Waals surface area contributed by atoms with Gasteiger partial charge in [0.25, 0.3) is 0 Å². The minimum absolute atomic E-state index is 0.0306. The lowest BCUT2D eigenvalue weighted by atomic mass is 10.1. The number of hydrogen-bond donors (Lipinski definition) is 2. The van der Waals surface area contributed by atoms with Gasteiger partial charge in [0.1, 0.15) is 0 Å². The molecule has 0 fully saturated rings. The quantitative estimate of drug-likeness (QED) is 0.813. The van der Waals surface area contributed by atoms with Crippen LogP contribution in [0.15, 0.2) is 24.3 Å². The average molecular weight is 293 g/mol. The second-order valence-electron chi connectivity index (χ2n) is 5.25. The minimum atomic E-state index is -0.132. The van der Waals surface area contributed by atoms with Crippen LogP contribution >= 0.6 is 0 Å². The van der Waals surface area contributed by atoms with E-state index in [1.165, 1.54) is 5.56 Å². The summed E-state index contributed by atoms with van der Waals surface area (Å²) < 4.78 is 5.06. The van der Waals surface area contributed by atoms with E-state index in [1.807, 2.05) is 31.2 Å². The Morgan fingerprint density at radius 2 is 1.90 bits per heavy atom. The van der Waals surface area contributed by atoms with Gasteiger partial charge >= 0.3 is 6.03 Å². The summed E-state index contributed by atoms with van der Waals surface area (Å²) in [4.78, 5) is 13.7. The SMILES string of the molecule is CCNC(C)c1ccc(NC(=O)N(C)C(C)COC)cc1. The van der Waals surface area contributed by atoms with E-state index in [9.17, 15) is 4.79 Å². The molecule has 0 aliphatic rings. The van der Waals surface area contributed by atoms with Crippen molar-refractivity contribution in [2.45, 2.75) is 32.9 Å². The van der Waals surface area contributed by atoms with E-state index < -0.39 is 0 Å². The molecule has 1 aromatic carbocycles. The molecule has 0 heterocycles. The number of nitrogens with zero attached hydrogens (tertiary/aromatic N) is 1. The smallest absolute Gasteiger partial charge is 0.321 e. The molecule has 1 aromatic rings. The van der Waals surface area contributed by atoms with E-state index in [0.717, 1.165) is 12.2 Å². The third kappa shape index (κ3) is 5.36. The lowest BCUT2D eigenvalue weighted by molar-refractivity contribution is 0.128. The van der Waals surface area contributed by atoms with Crippen LogP contribution in [0.4, 0.5) is 10.5 Å². The van der Waals surface area contributed by atoms with Crippen LogP contribution in [0.3, 0.4) is 0 Å². The molecule has 21 heavy (non-hydrogen) atoms. The summed E-state index contributed by atoms with van der Waals surface area (Å²) in [5.41, 5.74) is 2.00. The van der Waals surface area contributed by atoms with Crippen LogP contribution < -0.4 is 10.6 Å². The Balaban J connectivity index is 2.61. The van der Waals surface area contributed by atoms with Crippen molar-refractivity contribution in [1.29, 1.82) is 0 Å². The molecule has 0 bridgehead atoms. The van der Waals surface area contributed by atoms with E-state index in [4.69, 9.17) is 4.74 Å². The van der Waals surface area contributed by atoms with Crippen molar-refractivity contribution >= 4 is 11.7 Å². The van der Waals surface area contributed by atoms with E-state index in [0.29, 0.717) is 12.6 Å². The van der Waals surface area contributed by atoms with E-state index in [-0.39, 0.29) is 12.1 Å². The molecule has 0 aliphatic heterocycles. The van der Waals surface area contributed by atoms with E-state index in [2.05, 4.69) is 24.5 Å². The summed E-state index contributed by atoms with van der Waals surface area (Å²) in [5.74, 6) is 0. The Morgan fingerprint density at radius 3 is 2.43 bits per heavy atom.